The highest BCUT2D eigenvalue weighted by atomic mass is 15.1. The summed E-state index contributed by atoms with van der Waals surface area (Å²) in [6, 6.07) is 6.56. The summed E-state index contributed by atoms with van der Waals surface area (Å²) in [4.78, 5) is 4.52. The number of nitrogens with zero attached hydrogens (tertiary/aromatic N) is 2. The maximum Gasteiger partial charge on any atom is 0.110 e. The van der Waals surface area contributed by atoms with Crippen LogP contribution in [-0.2, 0) is 13.5 Å². The second-order valence-electron chi connectivity index (χ2n) is 4.79. The van der Waals surface area contributed by atoms with Crippen LogP contribution in [0.15, 0.2) is 24.4 Å². The molecule has 0 aliphatic carbocycles. The van der Waals surface area contributed by atoms with Crippen LogP contribution in [0.1, 0.15) is 17.0 Å². The lowest BCUT2D eigenvalue weighted by atomic mass is 10.0. The van der Waals surface area contributed by atoms with Gasteiger partial charge >= 0.3 is 0 Å². The van der Waals surface area contributed by atoms with Crippen molar-refractivity contribution in [2.24, 2.45) is 7.05 Å². The van der Waals surface area contributed by atoms with Gasteiger partial charge in [0.2, 0.25) is 0 Å². The van der Waals surface area contributed by atoms with E-state index in [-0.39, 0.29) is 0 Å². The number of likely N-dealkylation sites (N-methyl/N-ethyl adjacent to an activating group) is 1. The standard InChI is InChI=1S/C15H21N3/c1-11-5-6-13(12(2)9-11)14-10-17-15(18(14)4)7-8-16-3/h5-6,9-10,16H,7-8H2,1-4H3. The van der Waals surface area contributed by atoms with E-state index >= 15 is 0 Å². The lowest BCUT2D eigenvalue weighted by Crippen LogP contribution is -2.13. The lowest BCUT2D eigenvalue weighted by molar-refractivity contribution is 0.720. The van der Waals surface area contributed by atoms with Crippen LogP contribution in [0.2, 0.25) is 0 Å². The first-order valence-electron chi connectivity index (χ1n) is 6.36. The van der Waals surface area contributed by atoms with E-state index in [1.54, 1.807) is 0 Å². The Hall–Kier alpha value is -1.61. The van der Waals surface area contributed by atoms with Gasteiger partial charge in [-0.3, -0.25) is 0 Å². The Balaban J connectivity index is 2.36. The molecule has 18 heavy (non-hydrogen) atoms. The smallest absolute Gasteiger partial charge is 0.110 e. The predicted octanol–water partition coefficient (Wildman–Crippen LogP) is 2.47. The van der Waals surface area contributed by atoms with Gasteiger partial charge in [-0.25, -0.2) is 4.98 Å². The van der Waals surface area contributed by atoms with Crippen molar-refractivity contribution in [3.05, 3.63) is 41.3 Å². The van der Waals surface area contributed by atoms with E-state index in [0.29, 0.717) is 0 Å². The van der Waals surface area contributed by atoms with E-state index < -0.39 is 0 Å². The van der Waals surface area contributed by atoms with Crippen LogP contribution in [0.4, 0.5) is 0 Å². The molecule has 0 unspecified atom stereocenters. The summed E-state index contributed by atoms with van der Waals surface area (Å²) < 4.78 is 2.19. The number of hydrogen-bond donors (Lipinski definition) is 1. The van der Waals surface area contributed by atoms with Gasteiger partial charge in [0.15, 0.2) is 0 Å². The fraction of sp³-hybridized carbons (Fsp3) is 0.400. The monoisotopic (exact) mass is 243 g/mol. The van der Waals surface area contributed by atoms with Crippen LogP contribution in [0.3, 0.4) is 0 Å². The van der Waals surface area contributed by atoms with E-state index in [0.717, 1.165) is 18.8 Å². The minimum Gasteiger partial charge on any atom is -0.331 e. The fourth-order valence-corrected chi connectivity index (χ4v) is 2.27. The first kappa shape index (κ1) is 12.8. The van der Waals surface area contributed by atoms with Crippen molar-refractivity contribution in [1.82, 2.24) is 14.9 Å². The molecule has 0 saturated carbocycles. The van der Waals surface area contributed by atoms with Crippen molar-refractivity contribution in [2.45, 2.75) is 20.3 Å². The number of hydrogen-bond acceptors (Lipinski definition) is 2. The minimum atomic E-state index is 0.956. The first-order chi connectivity index (χ1) is 8.63. The minimum absolute atomic E-state index is 0.956. The van der Waals surface area contributed by atoms with Gasteiger partial charge in [-0.1, -0.05) is 23.8 Å². The summed E-state index contributed by atoms with van der Waals surface area (Å²) in [7, 11) is 4.06. The predicted molar refractivity (Wildman–Crippen MR) is 75.7 cm³/mol. The third kappa shape index (κ3) is 2.46. The molecular weight excluding hydrogens is 222 g/mol. The Kier molecular flexibility index (Phi) is 3.82. The Morgan fingerprint density at radius 2 is 2.06 bits per heavy atom. The third-order valence-corrected chi connectivity index (χ3v) is 3.34. The molecule has 1 aromatic carbocycles. The molecule has 3 heteroatoms. The van der Waals surface area contributed by atoms with Crippen LogP contribution < -0.4 is 5.32 Å². The molecule has 96 valence electrons. The molecule has 0 amide bonds. The van der Waals surface area contributed by atoms with Crippen LogP contribution in [0.25, 0.3) is 11.3 Å². The Labute approximate surface area is 109 Å². The summed E-state index contributed by atoms with van der Waals surface area (Å²) in [6.45, 7) is 5.23. The van der Waals surface area contributed by atoms with Crippen molar-refractivity contribution in [3.63, 3.8) is 0 Å². The summed E-state index contributed by atoms with van der Waals surface area (Å²) in [6.07, 6.45) is 2.93. The number of benzene rings is 1. The largest absolute Gasteiger partial charge is 0.331 e. The summed E-state index contributed by atoms with van der Waals surface area (Å²) >= 11 is 0. The quantitative estimate of drug-likeness (QED) is 0.894. The van der Waals surface area contributed by atoms with Gasteiger partial charge in [-0.05, 0) is 26.5 Å². The number of aryl methyl sites for hydroxylation is 2. The van der Waals surface area contributed by atoms with Crippen molar-refractivity contribution < 1.29 is 0 Å². The van der Waals surface area contributed by atoms with Gasteiger partial charge in [0.05, 0.1) is 11.9 Å². The van der Waals surface area contributed by atoms with Crippen molar-refractivity contribution in [3.8, 4) is 11.3 Å². The highest BCUT2D eigenvalue weighted by Crippen LogP contribution is 2.24. The molecule has 0 atom stereocenters. The first-order valence-corrected chi connectivity index (χ1v) is 6.36. The van der Waals surface area contributed by atoms with E-state index in [1.807, 2.05) is 13.2 Å². The molecular formula is C15H21N3. The molecule has 0 saturated heterocycles. The second kappa shape index (κ2) is 5.36. The van der Waals surface area contributed by atoms with Gasteiger partial charge in [0.1, 0.15) is 5.82 Å². The van der Waals surface area contributed by atoms with Crippen molar-refractivity contribution in [2.75, 3.05) is 13.6 Å². The molecule has 2 rings (SSSR count). The Morgan fingerprint density at radius 3 is 2.72 bits per heavy atom. The zero-order valence-corrected chi connectivity index (χ0v) is 11.6. The van der Waals surface area contributed by atoms with Gasteiger partial charge < -0.3 is 9.88 Å². The molecule has 0 radical (unpaired) electrons. The molecule has 0 bridgehead atoms. The zero-order chi connectivity index (χ0) is 13.1. The van der Waals surface area contributed by atoms with E-state index in [1.165, 1.54) is 22.4 Å². The molecule has 1 aromatic heterocycles. The molecule has 0 spiro atoms. The van der Waals surface area contributed by atoms with Gasteiger partial charge in [-0.15, -0.1) is 0 Å². The normalized spacial score (nSPS) is 10.9. The molecule has 2 aromatic rings. The SMILES string of the molecule is CNCCc1ncc(-c2ccc(C)cc2C)n1C. The maximum atomic E-state index is 4.52. The van der Waals surface area contributed by atoms with E-state index in [4.69, 9.17) is 0 Å². The summed E-state index contributed by atoms with van der Waals surface area (Å²) in [5.74, 6) is 1.12. The average Bonchev–Trinajstić information content (AvgIpc) is 2.68. The number of imidazole rings is 1. The topological polar surface area (TPSA) is 29.9 Å². The summed E-state index contributed by atoms with van der Waals surface area (Å²) in [5.41, 5.74) is 5.07. The molecule has 0 aliphatic heterocycles. The molecule has 1 N–H and O–H groups in total. The lowest BCUT2D eigenvalue weighted by Gasteiger charge is -2.09. The second-order valence-corrected chi connectivity index (χ2v) is 4.79. The fourth-order valence-electron chi connectivity index (χ4n) is 2.27. The van der Waals surface area contributed by atoms with Gasteiger partial charge in [-0.2, -0.15) is 0 Å². The van der Waals surface area contributed by atoms with E-state index in [9.17, 15) is 0 Å². The third-order valence-electron chi connectivity index (χ3n) is 3.34. The highest BCUT2D eigenvalue weighted by Gasteiger charge is 2.10. The number of aromatic nitrogens is 2. The molecule has 1 heterocycles. The maximum absolute atomic E-state index is 4.52. The average molecular weight is 243 g/mol. The zero-order valence-electron chi connectivity index (χ0n) is 11.6. The molecule has 0 aliphatic rings. The van der Waals surface area contributed by atoms with Crippen molar-refractivity contribution >= 4 is 0 Å². The number of rotatable bonds is 4. The Morgan fingerprint density at radius 1 is 1.28 bits per heavy atom. The van der Waals surface area contributed by atoms with Gasteiger partial charge in [0, 0.05) is 25.6 Å². The molecule has 0 fully saturated rings. The Bertz CT molecular complexity index is 541. The highest BCUT2D eigenvalue weighted by molar-refractivity contribution is 5.64. The van der Waals surface area contributed by atoms with Crippen molar-refractivity contribution in [1.29, 1.82) is 0 Å². The summed E-state index contributed by atoms with van der Waals surface area (Å²) in [5, 5.41) is 3.16. The van der Waals surface area contributed by atoms with Crippen LogP contribution in [0.5, 0.6) is 0 Å². The van der Waals surface area contributed by atoms with Crippen LogP contribution in [0, 0.1) is 13.8 Å². The van der Waals surface area contributed by atoms with Crippen LogP contribution >= 0.6 is 0 Å². The van der Waals surface area contributed by atoms with E-state index in [2.05, 4.69) is 54.0 Å². The van der Waals surface area contributed by atoms with Gasteiger partial charge in [0.25, 0.3) is 0 Å². The van der Waals surface area contributed by atoms with Crippen LogP contribution in [-0.4, -0.2) is 23.1 Å². The molecule has 3 nitrogen and oxygen atoms in total. The number of nitrogens with one attached hydrogen (secondary N) is 1.